The van der Waals surface area contributed by atoms with Crippen LogP contribution in [-0.4, -0.2) is 43.6 Å². The summed E-state index contributed by atoms with van der Waals surface area (Å²) >= 11 is 4.85. The highest BCUT2D eigenvalue weighted by Crippen LogP contribution is 2.44. The summed E-state index contributed by atoms with van der Waals surface area (Å²) in [7, 11) is 0. The number of amides is 1. The molecule has 1 aliphatic heterocycles. The number of rotatable bonds is 9. The van der Waals surface area contributed by atoms with Crippen LogP contribution in [0.4, 0.5) is 0 Å². The molecule has 0 bridgehead atoms. The number of benzene rings is 1. The fourth-order valence-electron chi connectivity index (χ4n) is 3.73. The Labute approximate surface area is 179 Å². The van der Waals surface area contributed by atoms with Gasteiger partial charge >= 0.3 is 0 Å². The van der Waals surface area contributed by atoms with E-state index in [2.05, 4.69) is 44.3 Å². The fourth-order valence-corrected chi connectivity index (χ4v) is 5.07. The van der Waals surface area contributed by atoms with Crippen molar-refractivity contribution in [1.82, 2.24) is 10.2 Å². The molecule has 2 heterocycles. The van der Waals surface area contributed by atoms with E-state index in [0.29, 0.717) is 12.5 Å². The molecule has 6 heteroatoms. The Morgan fingerprint density at radius 1 is 1.25 bits per heavy atom. The Morgan fingerprint density at radius 2 is 2.07 bits per heavy atom. The topological polar surface area (TPSA) is 41.6 Å². The van der Waals surface area contributed by atoms with Crippen LogP contribution in [0.3, 0.4) is 0 Å². The average Bonchev–Trinajstić information content (AvgIpc) is 3.23. The molecule has 150 valence electrons. The van der Waals surface area contributed by atoms with Gasteiger partial charge in [-0.05, 0) is 90.3 Å². The predicted octanol–water partition coefficient (Wildman–Crippen LogP) is 4.84. The molecule has 4 rings (SSSR count). The van der Waals surface area contributed by atoms with E-state index in [-0.39, 0.29) is 5.91 Å². The monoisotopic (exact) mass is 462 g/mol. The summed E-state index contributed by atoms with van der Waals surface area (Å²) in [6.45, 7) is 4.87. The number of carbonyl (C=O) groups is 1. The predicted molar refractivity (Wildman–Crippen MR) is 118 cm³/mol. The molecule has 1 aromatic carbocycles. The molecule has 1 aliphatic carbocycles. The maximum absolute atomic E-state index is 12.2. The van der Waals surface area contributed by atoms with Crippen molar-refractivity contribution >= 4 is 33.2 Å². The third-order valence-electron chi connectivity index (χ3n) is 5.45. The van der Waals surface area contributed by atoms with Gasteiger partial charge in [0.25, 0.3) is 5.91 Å². The first-order valence-electron chi connectivity index (χ1n) is 10.2. The highest BCUT2D eigenvalue weighted by Gasteiger charge is 2.27. The fraction of sp³-hybridized carbons (Fsp3) is 0.500. The molecule has 2 aliphatic rings. The van der Waals surface area contributed by atoms with E-state index in [9.17, 15) is 4.79 Å². The van der Waals surface area contributed by atoms with Crippen molar-refractivity contribution in [2.75, 3.05) is 32.8 Å². The molecule has 1 amide bonds. The van der Waals surface area contributed by atoms with Crippen LogP contribution < -0.4 is 10.1 Å². The van der Waals surface area contributed by atoms with E-state index in [1.54, 1.807) is 0 Å². The molecule has 1 aromatic heterocycles. The number of nitrogens with zero attached hydrogens (tertiary/aromatic N) is 1. The third-order valence-corrected chi connectivity index (χ3v) is 7.14. The number of thiophene rings is 1. The molecule has 0 atom stereocenters. The summed E-state index contributed by atoms with van der Waals surface area (Å²) in [6, 6.07) is 8.42. The average molecular weight is 463 g/mol. The molecule has 28 heavy (non-hydrogen) atoms. The Hall–Kier alpha value is -1.37. The van der Waals surface area contributed by atoms with Crippen molar-refractivity contribution in [2.24, 2.45) is 0 Å². The molecule has 2 fully saturated rings. The standard InChI is InChI=1S/C22H27BrN2O2S/c23-18-14-21(28-15-18)22(26)24-8-7-16-3-6-20(19(13-16)17-4-5-17)27-12-11-25-9-1-2-10-25/h3,6,13-15,17H,1-2,4-5,7-12H2,(H,24,26). The molecule has 0 radical (unpaired) electrons. The third kappa shape index (κ3) is 5.37. The van der Waals surface area contributed by atoms with E-state index in [1.165, 1.54) is 61.2 Å². The number of hydrogen-bond acceptors (Lipinski definition) is 4. The zero-order valence-electron chi connectivity index (χ0n) is 16.1. The van der Waals surface area contributed by atoms with Crippen LogP contribution in [0.15, 0.2) is 34.1 Å². The van der Waals surface area contributed by atoms with Gasteiger partial charge in [0.05, 0.1) is 4.88 Å². The van der Waals surface area contributed by atoms with Crippen LogP contribution in [0.25, 0.3) is 0 Å². The molecule has 1 saturated carbocycles. The van der Waals surface area contributed by atoms with Gasteiger partial charge in [0.15, 0.2) is 0 Å². The van der Waals surface area contributed by atoms with Crippen LogP contribution in [0.1, 0.15) is 52.4 Å². The minimum atomic E-state index is -0.0000161. The van der Waals surface area contributed by atoms with Gasteiger partial charge in [0, 0.05) is 22.9 Å². The van der Waals surface area contributed by atoms with E-state index in [4.69, 9.17) is 4.74 Å². The summed E-state index contributed by atoms with van der Waals surface area (Å²) < 4.78 is 7.10. The van der Waals surface area contributed by atoms with Crippen molar-refractivity contribution in [3.05, 3.63) is 50.1 Å². The van der Waals surface area contributed by atoms with Crippen molar-refractivity contribution in [1.29, 1.82) is 0 Å². The first kappa shape index (κ1) is 19.9. The summed E-state index contributed by atoms with van der Waals surface area (Å²) in [6.07, 6.45) is 6.00. The van der Waals surface area contributed by atoms with Gasteiger partial charge in [-0.3, -0.25) is 9.69 Å². The lowest BCUT2D eigenvalue weighted by atomic mass is 10.0. The van der Waals surface area contributed by atoms with E-state index in [1.807, 2.05) is 11.4 Å². The van der Waals surface area contributed by atoms with Gasteiger partial charge in [0.2, 0.25) is 0 Å². The number of carbonyl (C=O) groups excluding carboxylic acids is 1. The summed E-state index contributed by atoms with van der Waals surface area (Å²) in [5.41, 5.74) is 2.62. The molecule has 0 spiro atoms. The smallest absolute Gasteiger partial charge is 0.261 e. The number of hydrogen-bond donors (Lipinski definition) is 1. The molecule has 4 nitrogen and oxygen atoms in total. The quantitative estimate of drug-likeness (QED) is 0.579. The lowest BCUT2D eigenvalue weighted by Gasteiger charge is -2.17. The zero-order valence-corrected chi connectivity index (χ0v) is 18.5. The molecule has 0 unspecified atom stereocenters. The second kappa shape index (κ2) is 9.42. The number of halogens is 1. The van der Waals surface area contributed by atoms with Crippen LogP contribution in [0.5, 0.6) is 5.75 Å². The largest absolute Gasteiger partial charge is 0.492 e. The van der Waals surface area contributed by atoms with Gasteiger partial charge in [-0.15, -0.1) is 11.3 Å². The summed E-state index contributed by atoms with van der Waals surface area (Å²) in [5.74, 6) is 1.71. The van der Waals surface area contributed by atoms with Crippen LogP contribution >= 0.6 is 27.3 Å². The number of ether oxygens (including phenoxy) is 1. The lowest BCUT2D eigenvalue weighted by Crippen LogP contribution is -2.25. The van der Waals surface area contributed by atoms with Crippen molar-refractivity contribution in [2.45, 2.75) is 38.0 Å². The second-order valence-electron chi connectivity index (χ2n) is 7.68. The highest BCUT2D eigenvalue weighted by molar-refractivity contribution is 9.10. The first-order chi connectivity index (χ1) is 13.7. The molecule has 2 aromatic rings. The minimum absolute atomic E-state index is 0.0000161. The van der Waals surface area contributed by atoms with Crippen molar-refractivity contribution < 1.29 is 9.53 Å². The molecule has 1 N–H and O–H groups in total. The maximum atomic E-state index is 12.2. The maximum Gasteiger partial charge on any atom is 0.261 e. The van der Waals surface area contributed by atoms with Gasteiger partial charge in [-0.1, -0.05) is 12.1 Å². The zero-order chi connectivity index (χ0) is 19.3. The Morgan fingerprint density at radius 3 is 2.79 bits per heavy atom. The van der Waals surface area contributed by atoms with E-state index >= 15 is 0 Å². The minimum Gasteiger partial charge on any atom is -0.492 e. The molecular formula is C22H27BrN2O2S. The Kier molecular flexibility index (Phi) is 6.70. The highest BCUT2D eigenvalue weighted by atomic mass is 79.9. The van der Waals surface area contributed by atoms with E-state index < -0.39 is 0 Å². The molecule has 1 saturated heterocycles. The normalized spacial score (nSPS) is 17.0. The Bertz CT molecular complexity index is 813. The first-order valence-corrected chi connectivity index (χ1v) is 11.9. The lowest BCUT2D eigenvalue weighted by molar-refractivity contribution is 0.0958. The van der Waals surface area contributed by atoms with Gasteiger partial charge in [-0.25, -0.2) is 0 Å². The van der Waals surface area contributed by atoms with Crippen molar-refractivity contribution in [3.8, 4) is 5.75 Å². The van der Waals surface area contributed by atoms with Gasteiger partial charge < -0.3 is 10.1 Å². The van der Waals surface area contributed by atoms with Crippen LogP contribution in [0, 0.1) is 0 Å². The Balaban J connectivity index is 1.29. The second-order valence-corrected chi connectivity index (χ2v) is 9.51. The number of likely N-dealkylation sites (tertiary alicyclic amines) is 1. The van der Waals surface area contributed by atoms with Gasteiger partial charge in [0.1, 0.15) is 12.4 Å². The van der Waals surface area contributed by atoms with Crippen LogP contribution in [-0.2, 0) is 6.42 Å². The van der Waals surface area contributed by atoms with Gasteiger partial charge in [-0.2, -0.15) is 0 Å². The van der Waals surface area contributed by atoms with E-state index in [0.717, 1.165) is 34.7 Å². The summed E-state index contributed by atoms with van der Waals surface area (Å²) in [4.78, 5) is 15.4. The summed E-state index contributed by atoms with van der Waals surface area (Å²) in [5, 5.41) is 4.95. The SMILES string of the molecule is O=C(NCCc1ccc(OCCN2CCCC2)c(C2CC2)c1)c1cc(Br)cs1. The molecular weight excluding hydrogens is 436 g/mol. The van der Waals surface area contributed by atoms with Crippen LogP contribution in [0.2, 0.25) is 0 Å². The van der Waals surface area contributed by atoms with Crippen molar-refractivity contribution in [3.63, 3.8) is 0 Å². The number of nitrogens with one attached hydrogen (secondary N) is 1.